The molecule has 2 heterocycles. The van der Waals surface area contributed by atoms with Gasteiger partial charge in [-0.2, -0.15) is 13.2 Å². The Morgan fingerprint density at radius 3 is 2.63 bits per heavy atom. The van der Waals surface area contributed by atoms with E-state index in [1.54, 1.807) is 32.0 Å². The molecule has 1 amide bonds. The molecule has 0 spiro atoms. The van der Waals surface area contributed by atoms with Gasteiger partial charge in [-0.05, 0) is 78.9 Å². The second kappa shape index (κ2) is 11.2. The number of carbonyl (C=O) groups excluding carboxylic acids is 1. The molecule has 0 atom stereocenters. The fourth-order valence-electron chi connectivity index (χ4n) is 3.74. The molecule has 200 valence electrons. The quantitative estimate of drug-likeness (QED) is 0.198. The van der Waals surface area contributed by atoms with Crippen LogP contribution >= 0.6 is 22.6 Å². The molecule has 0 radical (unpaired) electrons. The van der Waals surface area contributed by atoms with Gasteiger partial charge in [0.05, 0.1) is 26.7 Å². The molecule has 0 saturated heterocycles. The van der Waals surface area contributed by atoms with E-state index in [0.29, 0.717) is 39.4 Å². The average molecular weight is 639 g/mol. The molecule has 2 aromatic heterocycles. The number of halogens is 4. The molecule has 2 aromatic carbocycles. The monoisotopic (exact) mass is 639 g/mol. The highest BCUT2D eigenvalue weighted by Crippen LogP contribution is 2.35. The van der Waals surface area contributed by atoms with Crippen LogP contribution in [0.2, 0.25) is 0 Å². The summed E-state index contributed by atoms with van der Waals surface area (Å²) in [5.41, 5.74) is 0.279. The zero-order valence-corrected chi connectivity index (χ0v) is 22.7. The SMILES string of the molecule is CC(C)(O)CC(=O)NCCn1ccc2ncnc(Nc3ccc(Oc4cccc(C(F)(F)F)c4)c(I)c3)c21. The van der Waals surface area contributed by atoms with Crippen molar-refractivity contribution in [2.24, 2.45) is 0 Å². The van der Waals surface area contributed by atoms with Crippen LogP contribution in [0, 0.1) is 3.57 Å². The number of ether oxygens (including phenoxy) is 1. The van der Waals surface area contributed by atoms with E-state index in [-0.39, 0.29) is 18.1 Å². The number of aromatic nitrogens is 3. The van der Waals surface area contributed by atoms with Crippen LogP contribution in [0.15, 0.2) is 61.1 Å². The molecular formula is C26H25F3IN5O3. The van der Waals surface area contributed by atoms with Gasteiger partial charge in [0.25, 0.3) is 0 Å². The summed E-state index contributed by atoms with van der Waals surface area (Å²) in [6.07, 6.45) is -1.16. The van der Waals surface area contributed by atoms with Crippen molar-refractivity contribution in [3.05, 3.63) is 70.2 Å². The van der Waals surface area contributed by atoms with Crippen LogP contribution in [0.1, 0.15) is 25.8 Å². The largest absolute Gasteiger partial charge is 0.456 e. The van der Waals surface area contributed by atoms with Crippen molar-refractivity contribution in [1.29, 1.82) is 0 Å². The standard InChI is InChI=1S/C26H25F3IN5O3/c1-25(2,37)14-22(36)31-9-11-35-10-8-20-23(35)24(33-15-32-20)34-17-6-7-21(19(30)13-17)38-18-5-3-4-16(12-18)26(27,28)29/h3-8,10,12-13,15,37H,9,11,14H2,1-2H3,(H,31,36)(H,32,33,34). The molecule has 4 aromatic rings. The molecule has 0 saturated carbocycles. The predicted molar refractivity (Wildman–Crippen MR) is 145 cm³/mol. The minimum absolute atomic E-state index is 0.00144. The summed E-state index contributed by atoms with van der Waals surface area (Å²) in [5.74, 6) is 0.799. The van der Waals surface area contributed by atoms with Gasteiger partial charge in [0.1, 0.15) is 23.3 Å². The van der Waals surface area contributed by atoms with E-state index >= 15 is 0 Å². The zero-order chi connectivity index (χ0) is 27.5. The second-order valence-corrected chi connectivity index (χ2v) is 10.4. The summed E-state index contributed by atoms with van der Waals surface area (Å²) >= 11 is 2.05. The van der Waals surface area contributed by atoms with Crippen LogP contribution < -0.4 is 15.4 Å². The van der Waals surface area contributed by atoms with Gasteiger partial charge < -0.3 is 25.0 Å². The molecule has 4 rings (SSSR count). The van der Waals surface area contributed by atoms with Crippen LogP contribution in [0.4, 0.5) is 24.7 Å². The Balaban J connectivity index is 1.48. The van der Waals surface area contributed by atoms with E-state index in [0.717, 1.165) is 17.6 Å². The molecular weight excluding hydrogens is 614 g/mol. The van der Waals surface area contributed by atoms with Gasteiger partial charge in [0.2, 0.25) is 5.91 Å². The van der Waals surface area contributed by atoms with Crippen molar-refractivity contribution in [2.75, 3.05) is 11.9 Å². The fraction of sp³-hybridized carbons (Fsp3) is 0.269. The maximum atomic E-state index is 13.0. The van der Waals surface area contributed by atoms with Gasteiger partial charge in [-0.15, -0.1) is 0 Å². The number of fused-ring (bicyclic) bond motifs is 1. The van der Waals surface area contributed by atoms with Gasteiger partial charge >= 0.3 is 6.18 Å². The Bertz CT molecular complexity index is 1450. The van der Waals surface area contributed by atoms with E-state index in [1.807, 2.05) is 16.8 Å². The summed E-state index contributed by atoms with van der Waals surface area (Å²) in [4.78, 5) is 20.7. The maximum Gasteiger partial charge on any atom is 0.416 e. The number of benzene rings is 2. The van der Waals surface area contributed by atoms with Crippen molar-refractivity contribution in [1.82, 2.24) is 19.9 Å². The highest BCUT2D eigenvalue weighted by molar-refractivity contribution is 14.1. The number of alkyl halides is 3. The Kier molecular flexibility index (Phi) is 8.11. The number of rotatable bonds is 9. The highest BCUT2D eigenvalue weighted by Gasteiger charge is 2.30. The molecule has 8 nitrogen and oxygen atoms in total. The zero-order valence-electron chi connectivity index (χ0n) is 20.5. The number of carbonyl (C=O) groups is 1. The molecule has 38 heavy (non-hydrogen) atoms. The third-order valence-corrected chi connectivity index (χ3v) is 6.24. The molecule has 0 unspecified atom stereocenters. The van der Waals surface area contributed by atoms with Crippen LogP contribution in [0.25, 0.3) is 11.0 Å². The van der Waals surface area contributed by atoms with Gasteiger partial charge in [-0.25, -0.2) is 9.97 Å². The Labute approximate surface area is 230 Å². The summed E-state index contributed by atoms with van der Waals surface area (Å²) in [6.45, 7) is 3.97. The number of nitrogens with zero attached hydrogens (tertiary/aromatic N) is 3. The lowest BCUT2D eigenvalue weighted by atomic mass is 10.1. The normalized spacial score (nSPS) is 12.0. The Morgan fingerprint density at radius 1 is 1.13 bits per heavy atom. The lowest BCUT2D eigenvalue weighted by molar-refractivity contribution is -0.137. The number of hydrogen-bond donors (Lipinski definition) is 3. The van der Waals surface area contributed by atoms with Crippen molar-refractivity contribution >= 4 is 51.0 Å². The first-order valence-corrected chi connectivity index (χ1v) is 12.7. The van der Waals surface area contributed by atoms with Gasteiger partial charge in [0, 0.05) is 25.0 Å². The molecule has 3 N–H and O–H groups in total. The first kappa shape index (κ1) is 27.6. The molecule has 0 aliphatic carbocycles. The van der Waals surface area contributed by atoms with E-state index in [4.69, 9.17) is 4.74 Å². The van der Waals surface area contributed by atoms with Crippen molar-refractivity contribution < 1.29 is 27.8 Å². The minimum Gasteiger partial charge on any atom is -0.456 e. The van der Waals surface area contributed by atoms with E-state index in [9.17, 15) is 23.1 Å². The summed E-state index contributed by atoms with van der Waals surface area (Å²) in [6, 6.07) is 11.8. The topological polar surface area (TPSA) is 101 Å². The number of aliphatic hydroxyl groups is 1. The highest BCUT2D eigenvalue weighted by atomic mass is 127. The number of amides is 1. The average Bonchev–Trinajstić information content (AvgIpc) is 3.23. The first-order valence-electron chi connectivity index (χ1n) is 11.6. The lowest BCUT2D eigenvalue weighted by Gasteiger charge is -2.16. The van der Waals surface area contributed by atoms with E-state index in [2.05, 4.69) is 43.2 Å². The number of anilines is 2. The van der Waals surface area contributed by atoms with Crippen LogP contribution in [0.3, 0.4) is 0 Å². The number of hydrogen-bond acceptors (Lipinski definition) is 6. The van der Waals surface area contributed by atoms with Crippen LogP contribution in [-0.4, -0.2) is 37.7 Å². The molecule has 0 aliphatic heterocycles. The fourth-order valence-corrected chi connectivity index (χ4v) is 4.37. The molecule has 0 fully saturated rings. The lowest BCUT2D eigenvalue weighted by Crippen LogP contribution is -2.33. The predicted octanol–water partition coefficient (Wildman–Crippen LogP) is 5.87. The van der Waals surface area contributed by atoms with E-state index < -0.39 is 17.3 Å². The van der Waals surface area contributed by atoms with Crippen molar-refractivity contribution in [3.63, 3.8) is 0 Å². The smallest absolute Gasteiger partial charge is 0.416 e. The van der Waals surface area contributed by atoms with Crippen LogP contribution in [0.5, 0.6) is 11.5 Å². The number of nitrogens with one attached hydrogen (secondary N) is 2. The third kappa shape index (κ3) is 7.13. The van der Waals surface area contributed by atoms with E-state index in [1.165, 1.54) is 18.5 Å². The van der Waals surface area contributed by atoms with Gasteiger partial charge in [0.15, 0.2) is 5.82 Å². The van der Waals surface area contributed by atoms with Crippen molar-refractivity contribution in [3.8, 4) is 11.5 Å². The summed E-state index contributed by atoms with van der Waals surface area (Å²) < 4.78 is 47.4. The Hall–Kier alpha value is -3.39. The molecule has 0 bridgehead atoms. The minimum atomic E-state index is -4.46. The third-order valence-electron chi connectivity index (χ3n) is 5.40. The first-order chi connectivity index (χ1) is 17.9. The second-order valence-electron chi connectivity index (χ2n) is 9.20. The van der Waals surface area contributed by atoms with Crippen molar-refractivity contribution in [2.45, 2.75) is 38.6 Å². The Morgan fingerprint density at radius 2 is 1.92 bits per heavy atom. The molecule has 0 aliphatic rings. The summed E-state index contributed by atoms with van der Waals surface area (Å²) in [5, 5.41) is 15.9. The summed E-state index contributed by atoms with van der Waals surface area (Å²) in [7, 11) is 0. The molecule has 12 heteroatoms. The van der Waals surface area contributed by atoms with Gasteiger partial charge in [-0.1, -0.05) is 6.07 Å². The van der Waals surface area contributed by atoms with Gasteiger partial charge in [-0.3, -0.25) is 4.79 Å². The maximum absolute atomic E-state index is 13.0. The van der Waals surface area contributed by atoms with Crippen LogP contribution in [-0.2, 0) is 17.5 Å².